The number of aryl methyl sites for hydroxylation is 2. The summed E-state index contributed by atoms with van der Waals surface area (Å²) in [6, 6.07) is 13.0. The molecular formula is C21H26N4O3S. The lowest BCUT2D eigenvalue weighted by atomic mass is 10.1. The van der Waals surface area contributed by atoms with Crippen molar-refractivity contribution >= 4 is 27.0 Å². The van der Waals surface area contributed by atoms with Crippen LogP contribution in [0.5, 0.6) is 0 Å². The Balaban J connectivity index is 1.55. The SMILES string of the molecule is Cc1ccc(CNC(=O)CCCn2cnc3cc(S(=O)(=O)N(C)C)ccc32)cc1. The van der Waals surface area contributed by atoms with Crippen LogP contribution in [0.1, 0.15) is 24.0 Å². The van der Waals surface area contributed by atoms with E-state index in [0.29, 0.717) is 31.4 Å². The summed E-state index contributed by atoms with van der Waals surface area (Å²) in [5.41, 5.74) is 3.74. The maximum atomic E-state index is 12.3. The Hall–Kier alpha value is -2.71. The number of aromatic nitrogens is 2. The third kappa shape index (κ3) is 5.02. The largest absolute Gasteiger partial charge is 0.352 e. The van der Waals surface area contributed by atoms with E-state index in [4.69, 9.17) is 0 Å². The van der Waals surface area contributed by atoms with E-state index < -0.39 is 10.0 Å². The van der Waals surface area contributed by atoms with Crippen molar-refractivity contribution < 1.29 is 13.2 Å². The number of nitrogens with zero attached hydrogens (tertiary/aromatic N) is 3. The third-order valence-corrected chi connectivity index (χ3v) is 6.60. The summed E-state index contributed by atoms with van der Waals surface area (Å²) in [6.45, 7) is 3.19. The molecule has 29 heavy (non-hydrogen) atoms. The van der Waals surface area contributed by atoms with Gasteiger partial charge in [-0.2, -0.15) is 0 Å². The first-order chi connectivity index (χ1) is 13.8. The van der Waals surface area contributed by atoms with Gasteiger partial charge in [0.1, 0.15) is 0 Å². The van der Waals surface area contributed by atoms with E-state index in [2.05, 4.69) is 10.3 Å². The van der Waals surface area contributed by atoms with Gasteiger partial charge in [-0.1, -0.05) is 29.8 Å². The molecule has 0 radical (unpaired) electrons. The number of hydrogen-bond donors (Lipinski definition) is 1. The van der Waals surface area contributed by atoms with Gasteiger partial charge in [-0.3, -0.25) is 4.79 Å². The van der Waals surface area contributed by atoms with Crippen molar-refractivity contribution in [3.05, 3.63) is 59.9 Å². The fraction of sp³-hybridized carbons (Fsp3) is 0.333. The molecule has 0 fully saturated rings. The van der Waals surface area contributed by atoms with Crippen LogP contribution in [-0.2, 0) is 27.9 Å². The van der Waals surface area contributed by atoms with Crippen molar-refractivity contribution in [3.8, 4) is 0 Å². The smallest absolute Gasteiger partial charge is 0.242 e. The Morgan fingerprint density at radius 2 is 1.86 bits per heavy atom. The van der Waals surface area contributed by atoms with Crippen LogP contribution in [0, 0.1) is 6.92 Å². The second-order valence-electron chi connectivity index (χ2n) is 7.24. The maximum absolute atomic E-state index is 12.3. The molecule has 7 nitrogen and oxygen atoms in total. The molecule has 0 aliphatic rings. The van der Waals surface area contributed by atoms with Crippen LogP contribution < -0.4 is 5.32 Å². The molecule has 0 unspecified atom stereocenters. The van der Waals surface area contributed by atoms with Crippen LogP contribution in [0.15, 0.2) is 53.7 Å². The standard InChI is InChI=1S/C21H26N4O3S/c1-16-6-8-17(9-7-16)14-22-21(26)5-4-12-25-15-23-19-13-18(10-11-20(19)25)29(27,28)24(2)3/h6-11,13,15H,4-5,12,14H2,1-3H3,(H,22,26). The average molecular weight is 415 g/mol. The van der Waals surface area contributed by atoms with Gasteiger partial charge >= 0.3 is 0 Å². The number of hydrogen-bond acceptors (Lipinski definition) is 4. The molecule has 0 aliphatic heterocycles. The molecule has 3 aromatic rings. The Bertz CT molecular complexity index is 1100. The molecule has 2 aromatic carbocycles. The number of sulfonamides is 1. The minimum absolute atomic E-state index is 0.00867. The predicted octanol–water partition coefficient (Wildman–Crippen LogP) is 2.69. The summed E-state index contributed by atoms with van der Waals surface area (Å²) < 4.78 is 27.6. The number of amides is 1. The first-order valence-electron chi connectivity index (χ1n) is 9.47. The van der Waals surface area contributed by atoms with E-state index in [1.165, 1.54) is 24.0 Å². The predicted molar refractivity (Wildman–Crippen MR) is 113 cm³/mol. The minimum Gasteiger partial charge on any atom is -0.352 e. The van der Waals surface area contributed by atoms with Crippen molar-refractivity contribution in [2.24, 2.45) is 0 Å². The van der Waals surface area contributed by atoms with Gasteiger partial charge in [-0.25, -0.2) is 17.7 Å². The van der Waals surface area contributed by atoms with Crippen LogP contribution in [0.25, 0.3) is 11.0 Å². The molecule has 0 atom stereocenters. The lowest BCUT2D eigenvalue weighted by Crippen LogP contribution is -2.22. The molecule has 1 aromatic heterocycles. The van der Waals surface area contributed by atoms with Crippen molar-refractivity contribution in [1.29, 1.82) is 0 Å². The topological polar surface area (TPSA) is 84.3 Å². The van der Waals surface area contributed by atoms with Gasteiger partial charge in [0.05, 0.1) is 22.3 Å². The zero-order chi connectivity index (χ0) is 21.0. The first kappa shape index (κ1) is 21.0. The zero-order valence-corrected chi connectivity index (χ0v) is 17.7. The molecule has 0 saturated heterocycles. The molecule has 8 heteroatoms. The van der Waals surface area contributed by atoms with Crippen molar-refractivity contribution in [2.75, 3.05) is 14.1 Å². The summed E-state index contributed by atoms with van der Waals surface area (Å²) >= 11 is 0. The van der Waals surface area contributed by atoms with E-state index in [9.17, 15) is 13.2 Å². The molecule has 0 bridgehead atoms. The van der Waals surface area contributed by atoms with E-state index in [1.54, 1.807) is 24.5 Å². The molecule has 1 heterocycles. The number of benzene rings is 2. The summed E-state index contributed by atoms with van der Waals surface area (Å²) in [5.74, 6) is 0.00867. The highest BCUT2D eigenvalue weighted by Crippen LogP contribution is 2.20. The van der Waals surface area contributed by atoms with Gasteiger partial charge in [0, 0.05) is 33.6 Å². The van der Waals surface area contributed by atoms with Crippen LogP contribution in [0.3, 0.4) is 0 Å². The van der Waals surface area contributed by atoms with E-state index in [-0.39, 0.29) is 10.8 Å². The summed E-state index contributed by atoms with van der Waals surface area (Å²) in [5, 5.41) is 2.94. The van der Waals surface area contributed by atoms with Crippen molar-refractivity contribution in [3.63, 3.8) is 0 Å². The average Bonchev–Trinajstić information content (AvgIpc) is 3.10. The monoisotopic (exact) mass is 414 g/mol. The van der Waals surface area contributed by atoms with Crippen molar-refractivity contribution in [1.82, 2.24) is 19.2 Å². The van der Waals surface area contributed by atoms with Crippen LogP contribution in [0.2, 0.25) is 0 Å². The normalized spacial score (nSPS) is 11.9. The molecule has 0 aliphatic carbocycles. The Morgan fingerprint density at radius 3 is 2.55 bits per heavy atom. The number of nitrogens with one attached hydrogen (secondary N) is 1. The van der Waals surface area contributed by atoms with Gasteiger partial charge in [-0.15, -0.1) is 0 Å². The molecule has 0 spiro atoms. The summed E-state index contributed by atoms with van der Waals surface area (Å²) in [6.07, 6.45) is 2.77. The van der Waals surface area contributed by atoms with Crippen molar-refractivity contribution in [2.45, 2.75) is 37.8 Å². The Kier molecular flexibility index (Phi) is 6.34. The minimum atomic E-state index is -3.49. The lowest BCUT2D eigenvalue weighted by Gasteiger charge is -2.11. The fourth-order valence-corrected chi connectivity index (χ4v) is 3.92. The maximum Gasteiger partial charge on any atom is 0.242 e. The Morgan fingerprint density at radius 1 is 1.14 bits per heavy atom. The quantitative estimate of drug-likeness (QED) is 0.614. The van der Waals surface area contributed by atoms with Crippen LogP contribution >= 0.6 is 0 Å². The molecular weight excluding hydrogens is 388 g/mol. The van der Waals surface area contributed by atoms with Crippen LogP contribution in [0.4, 0.5) is 0 Å². The number of imidazole rings is 1. The highest BCUT2D eigenvalue weighted by atomic mass is 32.2. The molecule has 1 amide bonds. The summed E-state index contributed by atoms with van der Waals surface area (Å²) in [7, 11) is -0.484. The first-order valence-corrected chi connectivity index (χ1v) is 10.9. The van der Waals surface area contributed by atoms with E-state index in [1.807, 2.05) is 35.8 Å². The number of rotatable bonds is 8. The molecule has 1 N–H and O–H groups in total. The van der Waals surface area contributed by atoms with Crippen LogP contribution in [-0.4, -0.2) is 42.3 Å². The number of carbonyl (C=O) groups excluding carboxylic acids is 1. The zero-order valence-electron chi connectivity index (χ0n) is 16.9. The molecule has 0 saturated carbocycles. The van der Waals surface area contributed by atoms with Gasteiger partial charge in [0.15, 0.2) is 0 Å². The lowest BCUT2D eigenvalue weighted by molar-refractivity contribution is -0.121. The van der Waals surface area contributed by atoms with Gasteiger partial charge in [0.25, 0.3) is 0 Å². The number of fused-ring (bicyclic) bond motifs is 1. The van der Waals surface area contributed by atoms with Gasteiger partial charge in [0.2, 0.25) is 15.9 Å². The fourth-order valence-electron chi connectivity index (χ4n) is 3.00. The van der Waals surface area contributed by atoms with Gasteiger partial charge in [-0.05, 0) is 37.1 Å². The van der Waals surface area contributed by atoms with Gasteiger partial charge < -0.3 is 9.88 Å². The van der Waals surface area contributed by atoms with E-state index in [0.717, 1.165) is 11.1 Å². The molecule has 3 rings (SSSR count). The second kappa shape index (κ2) is 8.75. The Labute approximate surface area is 171 Å². The second-order valence-corrected chi connectivity index (χ2v) is 9.39. The third-order valence-electron chi connectivity index (χ3n) is 4.78. The highest BCUT2D eigenvalue weighted by Gasteiger charge is 2.18. The number of carbonyl (C=O) groups is 1. The van der Waals surface area contributed by atoms with E-state index >= 15 is 0 Å². The summed E-state index contributed by atoms with van der Waals surface area (Å²) in [4.78, 5) is 16.6. The highest BCUT2D eigenvalue weighted by molar-refractivity contribution is 7.89. The molecule has 154 valence electrons.